The zero-order chi connectivity index (χ0) is 16.5. The second kappa shape index (κ2) is 5.35. The summed E-state index contributed by atoms with van der Waals surface area (Å²) in [4.78, 5) is 14.4. The van der Waals surface area contributed by atoms with Gasteiger partial charge in [0.15, 0.2) is 0 Å². The number of ether oxygens (including phenoxy) is 1. The maximum Gasteiger partial charge on any atom is 0.421 e. The van der Waals surface area contributed by atoms with E-state index in [0.29, 0.717) is 0 Å². The number of benzene rings is 1. The number of aromatic nitrogens is 1. The highest BCUT2D eigenvalue weighted by Gasteiger charge is 2.61. The number of aromatic amines is 1. The van der Waals surface area contributed by atoms with Gasteiger partial charge >= 0.3 is 12.1 Å². The van der Waals surface area contributed by atoms with Crippen molar-refractivity contribution in [1.29, 1.82) is 5.26 Å². The van der Waals surface area contributed by atoms with E-state index in [0.717, 1.165) is 6.20 Å². The number of nitrogens with zero attached hydrogens (tertiary/aromatic N) is 1. The molecule has 1 heterocycles. The lowest BCUT2D eigenvalue weighted by atomic mass is 9.89. The number of H-pyrrole nitrogens is 1. The number of nitrogens with two attached hydrogens (primary N) is 1. The molecule has 1 atom stereocenters. The molecule has 0 aliphatic heterocycles. The second-order valence-electron chi connectivity index (χ2n) is 4.60. The molecule has 116 valence electrons. The van der Waals surface area contributed by atoms with Crippen LogP contribution in [0, 0.1) is 11.3 Å². The van der Waals surface area contributed by atoms with Crippen LogP contribution in [0.2, 0.25) is 0 Å². The molecule has 5 nitrogen and oxygen atoms in total. The Balaban J connectivity index is 2.68. The summed E-state index contributed by atoms with van der Waals surface area (Å²) in [5.41, 5.74) is 2.24. The van der Waals surface area contributed by atoms with E-state index < -0.39 is 23.2 Å². The van der Waals surface area contributed by atoms with Gasteiger partial charge in [0.2, 0.25) is 5.54 Å². The average molecular weight is 311 g/mol. The van der Waals surface area contributed by atoms with E-state index in [-0.39, 0.29) is 23.1 Å². The lowest BCUT2D eigenvalue weighted by molar-refractivity contribution is -0.208. The normalized spacial score (nSPS) is 14.4. The minimum Gasteiger partial charge on any atom is -0.464 e. The fourth-order valence-electron chi connectivity index (χ4n) is 2.15. The van der Waals surface area contributed by atoms with Crippen LogP contribution in [0.5, 0.6) is 0 Å². The van der Waals surface area contributed by atoms with Crippen LogP contribution >= 0.6 is 0 Å². The average Bonchev–Trinajstić information content (AvgIpc) is 2.88. The minimum absolute atomic E-state index is 0.104. The molecule has 2 aromatic rings. The number of halogens is 3. The van der Waals surface area contributed by atoms with Crippen LogP contribution in [0.1, 0.15) is 18.1 Å². The zero-order valence-corrected chi connectivity index (χ0v) is 11.5. The summed E-state index contributed by atoms with van der Waals surface area (Å²) in [6.45, 7) is 1.16. The van der Waals surface area contributed by atoms with Gasteiger partial charge in [-0.15, -0.1) is 0 Å². The molecule has 0 spiro atoms. The van der Waals surface area contributed by atoms with E-state index in [2.05, 4.69) is 9.72 Å². The number of hydrogen-bond donors (Lipinski definition) is 2. The molecule has 2 rings (SSSR count). The van der Waals surface area contributed by atoms with Crippen molar-refractivity contribution in [3.05, 3.63) is 35.5 Å². The van der Waals surface area contributed by atoms with Gasteiger partial charge < -0.3 is 15.5 Å². The Kier molecular flexibility index (Phi) is 3.85. The smallest absolute Gasteiger partial charge is 0.421 e. The number of fused-ring (bicyclic) bond motifs is 1. The monoisotopic (exact) mass is 311 g/mol. The van der Waals surface area contributed by atoms with Gasteiger partial charge in [0.05, 0.1) is 18.2 Å². The molecule has 0 aliphatic rings. The third-order valence-electron chi connectivity index (χ3n) is 3.28. The predicted molar refractivity (Wildman–Crippen MR) is 71.6 cm³/mol. The molecule has 0 aliphatic carbocycles. The van der Waals surface area contributed by atoms with Crippen LogP contribution in [0.4, 0.5) is 13.2 Å². The Labute approximate surface area is 123 Å². The van der Waals surface area contributed by atoms with Gasteiger partial charge in [-0.1, -0.05) is 6.07 Å². The van der Waals surface area contributed by atoms with Gasteiger partial charge in [-0.3, -0.25) is 0 Å². The highest BCUT2D eigenvalue weighted by Crippen LogP contribution is 2.41. The van der Waals surface area contributed by atoms with Gasteiger partial charge in [-0.2, -0.15) is 18.4 Å². The summed E-state index contributed by atoms with van der Waals surface area (Å²) < 4.78 is 44.8. The number of hydrogen-bond acceptors (Lipinski definition) is 4. The van der Waals surface area contributed by atoms with Crippen molar-refractivity contribution in [3.63, 3.8) is 0 Å². The molecule has 22 heavy (non-hydrogen) atoms. The molecule has 0 radical (unpaired) electrons. The van der Waals surface area contributed by atoms with Gasteiger partial charge in [-0.05, 0) is 19.1 Å². The maximum atomic E-state index is 13.4. The first-order valence-electron chi connectivity index (χ1n) is 6.30. The number of carbonyl (C=O) groups excluding carboxylic acids is 1. The Bertz CT molecular complexity index is 761. The molecule has 1 aromatic carbocycles. The standard InChI is InChI=1S/C14H12F3N3O2/c1-2-22-12(21)13(19,14(15,16)17)10-7-20-11-5-8(6-18)3-4-9(10)11/h3-5,7,20H,2,19H2,1H3. The number of alkyl halides is 3. The summed E-state index contributed by atoms with van der Waals surface area (Å²) in [5, 5.41) is 8.91. The second-order valence-corrected chi connectivity index (χ2v) is 4.60. The molecular weight excluding hydrogens is 299 g/mol. The SMILES string of the molecule is CCOC(=O)C(N)(c1c[nH]c2cc(C#N)ccc12)C(F)(F)F. The molecule has 0 bridgehead atoms. The van der Waals surface area contributed by atoms with Crippen molar-refractivity contribution in [3.8, 4) is 6.07 Å². The van der Waals surface area contributed by atoms with E-state index in [1.165, 1.54) is 25.1 Å². The van der Waals surface area contributed by atoms with Gasteiger partial charge in [0, 0.05) is 22.7 Å². The van der Waals surface area contributed by atoms with Gasteiger partial charge in [0.1, 0.15) is 0 Å². The summed E-state index contributed by atoms with van der Waals surface area (Å²) in [7, 11) is 0. The minimum atomic E-state index is -5.04. The first-order chi connectivity index (χ1) is 10.3. The third kappa shape index (κ3) is 2.29. The zero-order valence-electron chi connectivity index (χ0n) is 11.5. The summed E-state index contributed by atoms with van der Waals surface area (Å²) in [6, 6.07) is 5.91. The van der Waals surface area contributed by atoms with Crippen molar-refractivity contribution in [2.45, 2.75) is 18.6 Å². The van der Waals surface area contributed by atoms with Crippen LogP contribution in [0.25, 0.3) is 10.9 Å². The van der Waals surface area contributed by atoms with E-state index in [1.807, 2.05) is 6.07 Å². The fraction of sp³-hybridized carbons (Fsp3) is 0.286. The van der Waals surface area contributed by atoms with Crippen molar-refractivity contribution >= 4 is 16.9 Å². The first kappa shape index (κ1) is 15.9. The number of carbonyl (C=O) groups is 1. The van der Waals surface area contributed by atoms with E-state index in [9.17, 15) is 18.0 Å². The topological polar surface area (TPSA) is 91.9 Å². The van der Waals surface area contributed by atoms with E-state index in [1.54, 1.807) is 0 Å². The first-order valence-corrected chi connectivity index (χ1v) is 6.30. The quantitative estimate of drug-likeness (QED) is 0.851. The van der Waals surface area contributed by atoms with Crippen LogP contribution < -0.4 is 5.73 Å². The van der Waals surface area contributed by atoms with Crippen LogP contribution in [-0.4, -0.2) is 23.7 Å². The third-order valence-corrected chi connectivity index (χ3v) is 3.28. The molecule has 3 N–H and O–H groups in total. The lowest BCUT2D eigenvalue weighted by Crippen LogP contribution is -2.57. The number of nitrogens with one attached hydrogen (secondary N) is 1. The largest absolute Gasteiger partial charge is 0.464 e. The Hall–Kier alpha value is -2.53. The number of rotatable bonds is 3. The summed E-state index contributed by atoms with van der Waals surface area (Å²) in [5.74, 6) is -1.58. The molecule has 1 aromatic heterocycles. The highest BCUT2D eigenvalue weighted by atomic mass is 19.4. The van der Waals surface area contributed by atoms with Gasteiger partial charge in [-0.25, -0.2) is 4.79 Å². The highest BCUT2D eigenvalue weighted by molar-refractivity contribution is 5.93. The van der Waals surface area contributed by atoms with Crippen LogP contribution in [0.3, 0.4) is 0 Å². The van der Waals surface area contributed by atoms with Crippen molar-refractivity contribution in [2.24, 2.45) is 5.73 Å². The molecule has 0 saturated carbocycles. The van der Waals surface area contributed by atoms with Crippen molar-refractivity contribution in [1.82, 2.24) is 4.98 Å². The van der Waals surface area contributed by atoms with Crippen LogP contribution in [-0.2, 0) is 15.1 Å². The predicted octanol–water partition coefficient (Wildman–Crippen LogP) is 2.32. The molecule has 0 amide bonds. The van der Waals surface area contributed by atoms with Crippen LogP contribution in [0.15, 0.2) is 24.4 Å². The van der Waals surface area contributed by atoms with Crippen molar-refractivity contribution < 1.29 is 22.7 Å². The summed E-state index contributed by atoms with van der Waals surface area (Å²) in [6.07, 6.45) is -4.03. The Morgan fingerprint density at radius 2 is 2.14 bits per heavy atom. The molecule has 0 fully saturated rings. The fourth-order valence-corrected chi connectivity index (χ4v) is 2.15. The lowest BCUT2D eigenvalue weighted by Gasteiger charge is -2.29. The van der Waals surface area contributed by atoms with Gasteiger partial charge in [0.25, 0.3) is 0 Å². The summed E-state index contributed by atoms with van der Waals surface area (Å²) >= 11 is 0. The molecule has 8 heteroatoms. The van der Waals surface area contributed by atoms with Crippen molar-refractivity contribution in [2.75, 3.05) is 6.61 Å². The molecule has 0 saturated heterocycles. The Morgan fingerprint density at radius 1 is 1.45 bits per heavy atom. The number of nitriles is 1. The van der Waals surface area contributed by atoms with E-state index in [4.69, 9.17) is 11.0 Å². The number of esters is 1. The maximum absolute atomic E-state index is 13.4. The van der Waals surface area contributed by atoms with E-state index >= 15 is 0 Å². The molecule has 1 unspecified atom stereocenters. The Morgan fingerprint density at radius 3 is 2.68 bits per heavy atom. The molecular formula is C14H12F3N3O2.